The van der Waals surface area contributed by atoms with Gasteiger partial charge in [-0.2, -0.15) is 0 Å². The van der Waals surface area contributed by atoms with Crippen LogP contribution in [0, 0.1) is 29.6 Å². The van der Waals surface area contributed by atoms with E-state index in [0.717, 1.165) is 64.2 Å². The fraction of sp³-hybridized carbons (Fsp3) is 0.862. The van der Waals surface area contributed by atoms with Crippen molar-refractivity contribution in [2.24, 2.45) is 29.6 Å². The quantitative estimate of drug-likeness (QED) is 0.128. The van der Waals surface area contributed by atoms with E-state index in [1.54, 1.807) is 0 Å². The van der Waals surface area contributed by atoms with Crippen LogP contribution in [0.2, 0.25) is 0 Å². The number of aliphatic carboxylic acids is 2. The van der Waals surface area contributed by atoms with Crippen molar-refractivity contribution in [3.63, 3.8) is 0 Å². The summed E-state index contributed by atoms with van der Waals surface area (Å²) in [6.07, 6.45) is 8.72. The zero-order chi connectivity index (χ0) is 31.6. The van der Waals surface area contributed by atoms with Gasteiger partial charge < -0.3 is 24.2 Å². The van der Waals surface area contributed by atoms with Crippen LogP contribution >= 0.6 is 0 Å². The maximum absolute atomic E-state index is 12.1. The number of hydrogen-bond donors (Lipinski definition) is 2. The minimum absolute atomic E-state index is 0. The molecule has 13 heteroatoms. The Morgan fingerprint density at radius 2 is 1.36 bits per heavy atom. The molecule has 0 aromatic rings. The van der Waals surface area contributed by atoms with Gasteiger partial charge in [-0.3, -0.25) is 19.2 Å². The Kier molecular flexibility index (Phi) is 23.7. The van der Waals surface area contributed by atoms with Gasteiger partial charge >= 0.3 is 53.4 Å². The number of carboxylic acid groups (broad SMARTS) is 2. The third-order valence-electron chi connectivity index (χ3n) is 7.81. The molecule has 1 rings (SSSR count). The van der Waals surface area contributed by atoms with Gasteiger partial charge in [-0.1, -0.05) is 79.6 Å². The Morgan fingerprint density at radius 3 is 1.74 bits per heavy atom. The number of rotatable bonds is 18. The molecule has 240 valence electrons. The predicted octanol–water partition coefficient (Wildman–Crippen LogP) is 2.02. The van der Waals surface area contributed by atoms with E-state index in [1.165, 1.54) is 0 Å². The first-order valence-electron chi connectivity index (χ1n) is 15.0. The number of unbranched alkanes of at least 4 members (excludes halogenated alkanes) is 2. The maximum atomic E-state index is 12.1. The Hall–Kier alpha value is -1.21. The maximum Gasteiger partial charge on any atom is 1.00 e. The molecule has 0 saturated heterocycles. The number of esters is 2. The van der Waals surface area contributed by atoms with Crippen molar-refractivity contribution in [2.75, 3.05) is 13.2 Å². The first-order chi connectivity index (χ1) is 19.2. The van der Waals surface area contributed by atoms with E-state index in [4.69, 9.17) is 19.7 Å². The van der Waals surface area contributed by atoms with Gasteiger partial charge in [0.25, 0.3) is 0 Å². The monoisotopic (exact) mass is 630 g/mol. The second-order valence-corrected chi connectivity index (χ2v) is 12.6. The number of carbonyl (C=O) groups is 4. The molecule has 11 nitrogen and oxygen atoms in total. The largest absolute Gasteiger partial charge is 1.00 e. The Labute approximate surface area is 273 Å². The third kappa shape index (κ3) is 17.2. The number of ether oxygens (including phenoxy) is 2. The van der Waals surface area contributed by atoms with Crippen LogP contribution in [0.25, 0.3) is 0 Å². The van der Waals surface area contributed by atoms with Gasteiger partial charge in [0.15, 0.2) is 5.25 Å². The summed E-state index contributed by atoms with van der Waals surface area (Å²) in [7, 11) is -5.01. The summed E-state index contributed by atoms with van der Waals surface area (Å²) in [6.45, 7) is 10.1. The summed E-state index contributed by atoms with van der Waals surface area (Å²) in [5, 5.41) is 15.6. The fourth-order valence-corrected chi connectivity index (χ4v) is 5.57. The van der Waals surface area contributed by atoms with Gasteiger partial charge in [-0.05, 0) is 43.4 Å². The molecule has 0 aromatic heterocycles. The van der Waals surface area contributed by atoms with Gasteiger partial charge in [-0.15, -0.1) is 0 Å². The minimum Gasteiger partial charge on any atom is -0.747 e. The van der Waals surface area contributed by atoms with E-state index in [2.05, 4.69) is 13.8 Å². The van der Waals surface area contributed by atoms with Gasteiger partial charge in [0.05, 0.1) is 31.5 Å². The molecular weight excluding hydrogens is 579 g/mol. The van der Waals surface area contributed by atoms with Crippen molar-refractivity contribution >= 4 is 34.0 Å². The molecule has 1 aliphatic rings. The van der Waals surface area contributed by atoms with E-state index in [1.807, 2.05) is 20.8 Å². The van der Waals surface area contributed by atoms with Crippen LogP contribution < -0.4 is 29.6 Å². The van der Waals surface area contributed by atoms with E-state index >= 15 is 0 Å². The van der Waals surface area contributed by atoms with Crippen molar-refractivity contribution < 1.29 is 81.4 Å². The second kappa shape index (κ2) is 23.2. The summed E-state index contributed by atoms with van der Waals surface area (Å²) >= 11 is 0. The smallest absolute Gasteiger partial charge is 0.747 e. The van der Waals surface area contributed by atoms with Crippen LogP contribution in [-0.2, 0) is 38.8 Å². The molecule has 6 unspecified atom stereocenters. The molecule has 1 aliphatic carbocycles. The molecule has 0 aliphatic heterocycles. The average molecular weight is 631 g/mol. The Balaban J connectivity index is 0. The summed E-state index contributed by atoms with van der Waals surface area (Å²) in [5.74, 6) is -5.11. The van der Waals surface area contributed by atoms with Crippen molar-refractivity contribution in [1.82, 2.24) is 0 Å². The molecule has 0 bridgehead atoms. The van der Waals surface area contributed by atoms with Crippen LogP contribution in [0.4, 0.5) is 0 Å². The van der Waals surface area contributed by atoms with E-state index < -0.39 is 57.5 Å². The molecule has 1 fully saturated rings. The molecule has 0 radical (unpaired) electrons. The van der Waals surface area contributed by atoms with Crippen molar-refractivity contribution in [1.29, 1.82) is 0 Å². The van der Waals surface area contributed by atoms with Crippen LogP contribution in [0.1, 0.15) is 112 Å². The topological polar surface area (TPSA) is 184 Å². The van der Waals surface area contributed by atoms with Crippen LogP contribution in [0.3, 0.4) is 0 Å². The van der Waals surface area contributed by atoms with E-state index in [-0.39, 0.29) is 60.5 Å². The number of carbonyl (C=O) groups excluding carboxylic acids is 2. The van der Waals surface area contributed by atoms with Gasteiger partial charge in [0.2, 0.25) is 0 Å². The molecule has 0 aromatic carbocycles. The van der Waals surface area contributed by atoms with Crippen LogP contribution in [0.5, 0.6) is 0 Å². The van der Waals surface area contributed by atoms with Crippen LogP contribution in [-0.4, -0.2) is 65.5 Å². The number of hydrogen-bond acceptors (Lipinski definition) is 9. The van der Waals surface area contributed by atoms with Gasteiger partial charge in [0, 0.05) is 0 Å². The van der Waals surface area contributed by atoms with Crippen LogP contribution in [0.15, 0.2) is 0 Å². The SMILES string of the molecule is CC1CCCC(C(=O)O)C1C(=O)O.CCCCC(CC)COC(=O)CC(C(=O)OCC(CC)CCCC)S(=O)(=O)[O-].[Na+]. The van der Waals surface area contributed by atoms with Gasteiger partial charge in [0.1, 0.15) is 10.1 Å². The molecule has 0 spiro atoms. The molecule has 2 N–H and O–H groups in total. The minimum atomic E-state index is -5.01. The predicted molar refractivity (Wildman–Crippen MR) is 152 cm³/mol. The Morgan fingerprint density at radius 1 is 0.857 bits per heavy atom. The van der Waals surface area contributed by atoms with Crippen molar-refractivity contribution in [3.8, 4) is 0 Å². The molecule has 1 saturated carbocycles. The van der Waals surface area contributed by atoms with Crippen molar-refractivity contribution in [3.05, 3.63) is 0 Å². The van der Waals surface area contributed by atoms with Crippen molar-refractivity contribution in [2.45, 2.75) is 117 Å². The average Bonchev–Trinajstić information content (AvgIpc) is 2.91. The summed E-state index contributed by atoms with van der Waals surface area (Å²) < 4.78 is 44.6. The summed E-state index contributed by atoms with van der Waals surface area (Å²) in [6, 6.07) is 0. The van der Waals surface area contributed by atoms with E-state index in [9.17, 15) is 32.1 Å². The number of carboxylic acids is 2. The molecule has 0 heterocycles. The third-order valence-corrected chi connectivity index (χ3v) is 8.87. The summed E-state index contributed by atoms with van der Waals surface area (Å²) in [5.41, 5.74) is 0. The molecule has 0 amide bonds. The van der Waals surface area contributed by atoms with Gasteiger partial charge in [-0.25, -0.2) is 8.42 Å². The van der Waals surface area contributed by atoms with E-state index in [0.29, 0.717) is 6.42 Å². The second-order valence-electron chi connectivity index (χ2n) is 11.0. The summed E-state index contributed by atoms with van der Waals surface area (Å²) in [4.78, 5) is 45.7. The molecule has 42 heavy (non-hydrogen) atoms. The first-order valence-corrected chi connectivity index (χ1v) is 16.4. The molecular formula is C29H51NaO11S. The fourth-order valence-electron chi connectivity index (χ4n) is 4.92. The molecule has 6 atom stereocenters. The standard InChI is InChI=1S/C20H38O7S.C9H14O4.Na/c1-5-9-11-16(7-3)14-26-19(21)13-18(28(23,24)25)20(22)27-15-17(8-4)12-10-6-2;1-5-3-2-4-6(8(10)11)7(5)9(12)13;/h16-18H,5-15H2,1-4H3,(H,23,24,25);5-7H,2-4H2,1H3,(H,10,11)(H,12,13);/q;;+1/p-1. The zero-order valence-electron chi connectivity index (χ0n) is 26.3. The Bertz CT molecular complexity index is 909. The zero-order valence-corrected chi connectivity index (χ0v) is 29.2. The first kappa shape index (κ1) is 42.9. The normalized spacial score (nSPS) is 20.5.